The number of nitrogens with zero attached hydrogens (tertiary/aromatic N) is 3. The van der Waals surface area contributed by atoms with Gasteiger partial charge in [-0.3, -0.25) is 0 Å². The van der Waals surface area contributed by atoms with E-state index in [0.717, 1.165) is 16.2 Å². The number of rotatable bonds is 2. The lowest BCUT2D eigenvalue weighted by Crippen LogP contribution is -2.40. The number of aromatic nitrogens is 2. The van der Waals surface area contributed by atoms with Crippen LogP contribution in [0.3, 0.4) is 0 Å². The predicted molar refractivity (Wildman–Crippen MR) is 85.8 cm³/mol. The predicted octanol–water partition coefficient (Wildman–Crippen LogP) is 4.41. The van der Waals surface area contributed by atoms with E-state index in [2.05, 4.69) is 81.3 Å². The third-order valence-electron chi connectivity index (χ3n) is 3.55. The van der Waals surface area contributed by atoms with Gasteiger partial charge in [0.1, 0.15) is 16.2 Å². The minimum Gasteiger partial charge on any atom is -0.356 e. The first kappa shape index (κ1) is 16.4. The van der Waals surface area contributed by atoms with Crippen LogP contribution in [0.2, 0.25) is 0 Å². The Bertz CT molecular complexity index is 444. The van der Waals surface area contributed by atoms with Gasteiger partial charge in [0.2, 0.25) is 0 Å². The first-order valence-electron chi connectivity index (χ1n) is 6.71. The van der Waals surface area contributed by atoms with Gasteiger partial charge in [-0.15, -0.1) is 0 Å². The van der Waals surface area contributed by atoms with Crippen LogP contribution in [-0.4, -0.2) is 23.1 Å². The molecule has 0 spiro atoms. The van der Waals surface area contributed by atoms with Gasteiger partial charge in [-0.2, -0.15) is 0 Å². The Balaban J connectivity index is 3.18. The molecular formula is C15H26BrN3. The highest BCUT2D eigenvalue weighted by Crippen LogP contribution is 2.29. The molecule has 1 heterocycles. The lowest BCUT2D eigenvalue weighted by molar-refractivity contribution is 0.328. The van der Waals surface area contributed by atoms with Crippen LogP contribution < -0.4 is 4.90 Å². The van der Waals surface area contributed by atoms with Crippen molar-refractivity contribution in [2.24, 2.45) is 5.41 Å². The van der Waals surface area contributed by atoms with Gasteiger partial charge in [-0.25, -0.2) is 9.97 Å². The number of anilines is 1. The molecule has 1 rings (SSSR count). The van der Waals surface area contributed by atoms with Crippen LogP contribution in [0.4, 0.5) is 5.82 Å². The summed E-state index contributed by atoms with van der Waals surface area (Å²) >= 11 is 3.50. The number of hydrogen-bond acceptors (Lipinski definition) is 3. The van der Waals surface area contributed by atoms with Crippen molar-refractivity contribution in [1.29, 1.82) is 0 Å². The first-order valence-corrected chi connectivity index (χ1v) is 7.50. The highest BCUT2D eigenvalue weighted by Gasteiger charge is 2.26. The zero-order chi connectivity index (χ0) is 15.0. The molecule has 19 heavy (non-hydrogen) atoms. The fraction of sp³-hybridized carbons (Fsp3) is 0.733. The summed E-state index contributed by atoms with van der Waals surface area (Å²) in [5.41, 5.74) is 0.151. The molecule has 0 radical (unpaired) electrons. The lowest BCUT2D eigenvalue weighted by Gasteiger charge is -2.36. The van der Waals surface area contributed by atoms with Gasteiger partial charge in [-0.1, -0.05) is 41.5 Å². The topological polar surface area (TPSA) is 29.0 Å². The average Bonchev–Trinajstić information content (AvgIpc) is 2.23. The second kappa shape index (κ2) is 5.39. The molecule has 0 aliphatic rings. The molecular weight excluding hydrogens is 302 g/mol. The van der Waals surface area contributed by atoms with Gasteiger partial charge in [0.15, 0.2) is 0 Å². The van der Waals surface area contributed by atoms with E-state index in [1.165, 1.54) is 0 Å². The standard InChI is InChI=1S/C15H26BrN3/c1-10(14(2,3)4)19(8)12-9-11(16)17-13(18-12)15(5,6)7/h9-10H,1-8H3. The Morgan fingerprint density at radius 1 is 1.11 bits per heavy atom. The molecule has 3 nitrogen and oxygen atoms in total. The Kier molecular flexibility index (Phi) is 4.66. The van der Waals surface area contributed by atoms with E-state index in [1.54, 1.807) is 0 Å². The van der Waals surface area contributed by atoms with E-state index in [0.29, 0.717) is 6.04 Å². The van der Waals surface area contributed by atoms with Crippen molar-refractivity contribution >= 4 is 21.7 Å². The van der Waals surface area contributed by atoms with E-state index < -0.39 is 0 Å². The smallest absolute Gasteiger partial charge is 0.137 e. The monoisotopic (exact) mass is 327 g/mol. The Hall–Kier alpha value is -0.640. The van der Waals surface area contributed by atoms with Gasteiger partial charge >= 0.3 is 0 Å². The van der Waals surface area contributed by atoms with Crippen molar-refractivity contribution in [2.75, 3.05) is 11.9 Å². The largest absolute Gasteiger partial charge is 0.356 e. The van der Waals surface area contributed by atoms with Gasteiger partial charge < -0.3 is 4.90 Å². The van der Waals surface area contributed by atoms with Crippen molar-refractivity contribution in [3.63, 3.8) is 0 Å². The molecule has 0 aliphatic carbocycles. The summed E-state index contributed by atoms with van der Waals surface area (Å²) in [7, 11) is 2.09. The zero-order valence-electron chi connectivity index (χ0n) is 13.4. The van der Waals surface area contributed by atoms with E-state index in [9.17, 15) is 0 Å². The summed E-state index contributed by atoms with van der Waals surface area (Å²) in [6, 6.07) is 2.37. The molecule has 1 aromatic heterocycles. The third kappa shape index (κ3) is 4.16. The summed E-state index contributed by atoms with van der Waals surface area (Å²) in [5.74, 6) is 1.83. The minimum atomic E-state index is -0.0512. The van der Waals surface area contributed by atoms with Gasteiger partial charge in [0, 0.05) is 24.6 Å². The first-order chi connectivity index (χ1) is 8.43. The van der Waals surface area contributed by atoms with Crippen LogP contribution in [0.5, 0.6) is 0 Å². The quantitative estimate of drug-likeness (QED) is 0.753. The van der Waals surface area contributed by atoms with Crippen LogP contribution in [0.15, 0.2) is 10.7 Å². The maximum Gasteiger partial charge on any atom is 0.137 e. The van der Waals surface area contributed by atoms with Crippen molar-refractivity contribution in [3.05, 3.63) is 16.5 Å². The zero-order valence-corrected chi connectivity index (χ0v) is 15.0. The van der Waals surface area contributed by atoms with Crippen molar-refractivity contribution in [3.8, 4) is 0 Å². The van der Waals surface area contributed by atoms with Crippen molar-refractivity contribution in [2.45, 2.75) is 59.9 Å². The second-order valence-electron chi connectivity index (χ2n) is 7.28. The molecule has 4 heteroatoms. The highest BCUT2D eigenvalue weighted by molar-refractivity contribution is 9.10. The van der Waals surface area contributed by atoms with Crippen LogP contribution >= 0.6 is 15.9 Å². The van der Waals surface area contributed by atoms with Crippen molar-refractivity contribution < 1.29 is 0 Å². The lowest BCUT2D eigenvalue weighted by atomic mass is 9.87. The Labute approximate surface area is 126 Å². The molecule has 0 aliphatic heterocycles. The number of hydrogen-bond donors (Lipinski definition) is 0. The molecule has 0 bridgehead atoms. The SMILES string of the molecule is CC(N(C)c1cc(Br)nc(C(C)(C)C)n1)C(C)(C)C. The summed E-state index contributed by atoms with van der Waals surface area (Å²) in [6.07, 6.45) is 0. The van der Waals surface area contributed by atoms with E-state index in [4.69, 9.17) is 4.98 Å². The summed E-state index contributed by atoms with van der Waals surface area (Å²) < 4.78 is 0.843. The molecule has 1 unspecified atom stereocenters. The van der Waals surface area contributed by atoms with Gasteiger partial charge in [0.25, 0.3) is 0 Å². The summed E-state index contributed by atoms with van der Waals surface area (Å²) in [5, 5.41) is 0. The Morgan fingerprint density at radius 2 is 1.63 bits per heavy atom. The fourth-order valence-corrected chi connectivity index (χ4v) is 2.07. The molecule has 0 saturated heterocycles. The summed E-state index contributed by atoms with van der Waals surface area (Å²) in [4.78, 5) is 11.4. The maximum atomic E-state index is 4.72. The van der Waals surface area contributed by atoms with Crippen LogP contribution in [-0.2, 0) is 5.41 Å². The van der Waals surface area contributed by atoms with Crippen LogP contribution in [0.25, 0.3) is 0 Å². The molecule has 108 valence electrons. The second-order valence-corrected chi connectivity index (χ2v) is 8.09. The average molecular weight is 328 g/mol. The fourth-order valence-electron chi connectivity index (χ4n) is 1.70. The molecule has 1 atom stereocenters. The molecule has 1 aromatic rings. The molecule has 0 N–H and O–H groups in total. The van der Waals surface area contributed by atoms with E-state index in [1.807, 2.05) is 6.07 Å². The molecule has 0 aromatic carbocycles. The van der Waals surface area contributed by atoms with Crippen LogP contribution in [0, 0.1) is 5.41 Å². The highest BCUT2D eigenvalue weighted by atomic mass is 79.9. The Morgan fingerprint density at radius 3 is 2.05 bits per heavy atom. The van der Waals surface area contributed by atoms with Gasteiger partial charge in [-0.05, 0) is 28.3 Å². The molecule has 0 amide bonds. The summed E-state index contributed by atoms with van der Waals surface area (Å²) in [6.45, 7) is 15.4. The maximum absolute atomic E-state index is 4.72. The van der Waals surface area contributed by atoms with E-state index in [-0.39, 0.29) is 10.8 Å². The molecule has 0 saturated carbocycles. The third-order valence-corrected chi connectivity index (χ3v) is 3.95. The number of halogens is 1. The van der Waals surface area contributed by atoms with E-state index >= 15 is 0 Å². The minimum absolute atomic E-state index is 0.0512. The van der Waals surface area contributed by atoms with Crippen LogP contribution in [0.1, 0.15) is 54.3 Å². The molecule has 0 fully saturated rings. The normalized spacial score (nSPS) is 14.4. The van der Waals surface area contributed by atoms with Gasteiger partial charge in [0.05, 0.1) is 0 Å². The van der Waals surface area contributed by atoms with Crippen molar-refractivity contribution in [1.82, 2.24) is 9.97 Å².